The number of alkyl halides is 3. The quantitative estimate of drug-likeness (QED) is 0.859. The van der Waals surface area contributed by atoms with E-state index in [1.165, 1.54) is 0 Å². The monoisotopic (exact) mass is 378 g/mol. The number of benzene rings is 1. The number of carbonyl (C=O) groups excluding carboxylic acids is 1. The second-order valence-electron chi connectivity index (χ2n) is 6.54. The lowest BCUT2D eigenvalue weighted by atomic mass is 9.95. The maximum absolute atomic E-state index is 13.4. The van der Waals surface area contributed by atoms with Crippen molar-refractivity contribution in [2.75, 3.05) is 6.54 Å². The van der Waals surface area contributed by atoms with Crippen molar-refractivity contribution in [2.45, 2.75) is 25.3 Å². The summed E-state index contributed by atoms with van der Waals surface area (Å²) in [7, 11) is 0. The molecule has 3 heterocycles. The minimum Gasteiger partial charge on any atom is -0.457 e. The first-order valence-electron chi connectivity index (χ1n) is 8.45. The van der Waals surface area contributed by atoms with E-state index in [9.17, 15) is 18.0 Å². The Hall–Kier alpha value is -2.65. The first-order chi connectivity index (χ1) is 12.9. The van der Waals surface area contributed by atoms with Crippen LogP contribution in [0.5, 0.6) is 11.5 Å². The first-order valence-corrected chi connectivity index (χ1v) is 8.45. The van der Waals surface area contributed by atoms with Crippen LogP contribution < -0.4 is 15.6 Å². The van der Waals surface area contributed by atoms with E-state index in [-0.39, 0.29) is 13.1 Å². The number of hydrogen-bond acceptors (Lipinski definition) is 5. The molecule has 1 amide bonds. The number of nitrogens with zero attached hydrogens (tertiary/aromatic N) is 2. The van der Waals surface area contributed by atoms with E-state index >= 15 is 0 Å². The van der Waals surface area contributed by atoms with Crippen LogP contribution >= 0.6 is 0 Å². The van der Waals surface area contributed by atoms with Crippen LogP contribution in [0.15, 0.2) is 42.7 Å². The summed E-state index contributed by atoms with van der Waals surface area (Å²) >= 11 is 0. The van der Waals surface area contributed by atoms with Crippen molar-refractivity contribution in [3.8, 4) is 11.5 Å². The Kier molecular flexibility index (Phi) is 4.48. The minimum atomic E-state index is -4.61. The predicted octanol–water partition coefficient (Wildman–Crippen LogP) is 2.37. The van der Waals surface area contributed by atoms with Crippen LogP contribution in [-0.4, -0.2) is 34.6 Å². The molecule has 0 saturated carbocycles. The molecule has 0 spiro atoms. The Morgan fingerprint density at radius 2 is 1.93 bits per heavy atom. The Morgan fingerprint density at radius 1 is 1.15 bits per heavy atom. The van der Waals surface area contributed by atoms with Crippen molar-refractivity contribution in [1.29, 1.82) is 0 Å². The molecule has 2 aliphatic rings. The van der Waals surface area contributed by atoms with Gasteiger partial charge in [-0.1, -0.05) is 12.1 Å². The van der Waals surface area contributed by atoms with Gasteiger partial charge in [-0.05, 0) is 23.8 Å². The van der Waals surface area contributed by atoms with Gasteiger partial charge in [-0.15, -0.1) is 0 Å². The van der Waals surface area contributed by atoms with Crippen LogP contribution in [0, 0.1) is 5.92 Å². The van der Waals surface area contributed by atoms with Crippen LogP contribution in [0.4, 0.5) is 13.2 Å². The molecule has 142 valence electrons. The molecule has 2 aliphatic heterocycles. The fraction of sp³-hybridized carbons (Fsp3) is 0.333. The van der Waals surface area contributed by atoms with E-state index in [0.29, 0.717) is 18.0 Å². The molecule has 0 aliphatic carbocycles. The van der Waals surface area contributed by atoms with Gasteiger partial charge in [0.15, 0.2) is 5.92 Å². The first kappa shape index (κ1) is 17.7. The Morgan fingerprint density at radius 3 is 2.67 bits per heavy atom. The Labute approximate surface area is 153 Å². The van der Waals surface area contributed by atoms with Gasteiger partial charge in [0, 0.05) is 43.6 Å². The zero-order chi connectivity index (χ0) is 19.0. The number of ether oxygens (including phenoxy) is 1. The zero-order valence-corrected chi connectivity index (χ0v) is 14.2. The maximum atomic E-state index is 13.4. The molecule has 2 N–H and O–H groups in total. The lowest BCUT2D eigenvalue weighted by Crippen LogP contribution is -2.63. The molecule has 0 radical (unpaired) electrons. The fourth-order valence-electron chi connectivity index (χ4n) is 3.60. The van der Waals surface area contributed by atoms with Gasteiger partial charge < -0.3 is 4.74 Å². The van der Waals surface area contributed by atoms with Gasteiger partial charge in [0.2, 0.25) is 5.91 Å². The lowest BCUT2D eigenvalue weighted by molar-refractivity contribution is -0.201. The third-order valence-electron chi connectivity index (χ3n) is 4.85. The number of amides is 1. The van der Waals surface area contributed by atoms with Gasteiger partial charge in [0.1, 0.15) is 11.5 Å². The van der Waals surface area contributed by atoms with Crippen molar-refractivity contribution in [1.82, 2.24) is 20.7 Å². The number of hydrogen-bond donors (Lipinski definition) is 2. The molecule has 27 heavy (non-hydrogen) atoms. The summed E-state index contributed by atoms with van der Waals surface area (Å²) in [5, 5.41) is 0. The number of hydrazine groups is 1. The van der Waals surface area contributed by atoms with Crippen LogP contribution in [0.3, 0.4) is 0 Å². The normalized spacial score (nSPS) is 23.0. The van der Waals surface area contributed by atoms with E-state index in [1.54, 1.807) is 35.5 Å². The minimum absolute atomic E-state index is 0.0183. The highest BCUT2D eigenvalue weighted by atomic mass is 19.4. The molecule has 6 nitrogen and oxygen atoms in total. The van der Waals surface area contributed by atoms with Gasteiger partial charge in [-0.25, -0.2) is 5.43 Å². The molecular formula is C18H17F3N4O2. The summed E-state index contributed by atoms with van der Waals surface area (Å²) in [5.41, 5.74) is 6.39. The summed E-state index contributed by atoms with van der Waals surface area (Å²) in [4.78, 5) is 17.4. The van der Waals surface area contributed by atoms with Crippen molar-refractivity contribution in [3.63, 3.8) is 0 Å². The second kappa shape index (κ2) is 6.82. The number of halogens is 3. The molecule has 2 aromatic rings. The second-order valence-corrected chi connectivity index (χ2v) is 6.54. The van der Waals surface area contributed by atoms with Crippen molar-refractivity contribution in [3.05, 3.63) is 53.9 Å². The van der Waals surface area contributed by atoms with E-state index < -0.39 is 24.0 Å². The topological polar surface area (TPSA) is 66.5 Å². The number of rotatable bonds is 3. The Balaban J connectivity index is 1.59. The average molecular weight is 378 g/mol. The van der Waals surface area contributed by atoms with Gasteiger partial charge in [0.25, 0.3) is 0 Å². The smallest absolute Gasteiger partial charge is 0.402 e. The molecular weight excluding hydrogens is 361 g/mol. The number of carbonyl (C=O) groups is 1. The van der Waals surface area contributed by atoms with Crippen LogP contribution in [0.25, 0.3) is 0 Å². The molecule has 4 rings (SSSR count). The average Bonchev–Trinajstić information content (AvgIpc) is 3.06. The molecule has 1 aromatic heterocycles. The predicted molar refractivity (Wildman–Crippen MR) is 89.5 cm³/mol. The highest BCUT2D eigenvalue weighted by Crippen LogP contribution is 2.39. The van der Waals surface area contributed by atoms with E-state index in [2.05, 4.69) is 15.8 Å². The molecule has 2 unspecified atom stereocenters. The number of pyridine rings is 1. The van der Waals surface area contributed by atoms with Gasteiger partial charge in [-0.2, -0.15) is 13.2 Å². The number of fused-ring (bicyclic) bond motifs is 1. The fourth-order valence-corrected chi connectivity index (χ4v) is 3.60. The standard InChI is InChI=1S/C18H17F3N4O2/c19-18(20,21)16-14(8-23-24-17(16)26)25-9-11-2-1-3-15(13(11)10-25)27-12-4-6-22-7-5-12/h1-7,14,16,23H,8-10H2,(H,24,26). The molecule has 1 aromatic carbocycles. The Bertz CT molecular complexity index is 844. The number of aromatic nitrogens is 1. The summed E-state index contributed by atoms with van der Waals surface area (Å²) in [6.07, 6.45) is -1.40. The molecule has 0 bridgehead atoms. The van der Waals surface area contributed by atoms with Crippen LogP contribution in [0.1, 0.15) is 11.1 Å². The van der Waals surface area contributed by atoms with Gasteiger partial charge >= 0.3 is 6.18 Å². The SMILES string of the molecule is O=C1NNCC(N2Cc3cccc(Oc4ccncc4)c3C2)C1C(F)(F)F. The van der Waals surface area contributed by atoms with Crippen LogP contribution in [-0.2, 0) is 17.9 Å². The lowest BCUT2D eigenvalue weighted by Gasteiger charge is -2.38. The van der Waals surface area contributed by atoms with Gasteiger partial charge in [-0.3, -0.25) is 20.1 Å². The largest absolute Gasteiger partial charge is 0.457 e. The van der Waals surface area contributed by atoms with Crippen molar-refractivity contribution in [2.24, 2.45) is 5.92 Å². The third kappa shape index (κ3) is 3.47. The maximum Gasteiger partial charge on any atom is 0.402 e. The van der Waals surface area contributed by atoms with E-state index in [4.69, 9.17) is 4.74 Å². The summed E-state index contributed by atoms with van der Waals surface area (Å²) < 4.78 is 46.2. The highest BCUT2D eigenvalue weighted by Gasteiger charge is 2.53. The summed E-state index contributed by atoms with van der Waals surface area (Å²) in [5.74, 6) is -1.93. The summed E-state index contributed by atoms with van der Waals surface area (Å²) in [6, 6.07) is 7.90. The van der Waals surface area contributed by atoms with Gasteiger partial charge in [0.05, 0.1) is 0 Å². The van der Waals surface area contributed by atoms with Crippen LogP contribution in [0.2, 0.25) is 0 Å². The molecule has 2 atom stereocenters. The summed E-state index contributed by atoms with van der Waals surface area (Å²) in [6.45, 7) is 0.627. The molecule has 1 fully saturated rings. The molecule has 1 saturated heterocycles. The molecule has 9 heteroatoms. The highest BCUT2D eigenvalue weighted by molar-refractivity contribution is 5.80. The third-order valence-corrected chi connectivity index (χ3v) is 4.85. The zero-order valence-electron chi connectivity index (χ0n) is 14.2. The van der Waals surface area contributed by atoms with E-state index in [0.717, 1.165) is 11.1 Å². The number of nitrogens with one attached hydrogen (secondary N) is 2. The van der Waals surface area contributed by atoms with Crippen molar-refractivity contribution < 1.29 is 22.7 Å². The van der Waals surface area contributed by atoms with Crippen molar-refractivity contribution >= 4 is 5.91 Å². The van der Waals surface area contributed by atoms with E-state index in [1.807, 2.05) is 12.1 Å².